The lowest BCUT2D eigenvalue weighted by Gasteiger charge is -2.34. The van der Waals surface area contributed by atoms with Gasteiger partial charge >= 0.3 is 0 Å². The van der Waals surface area contributed by atoms with Gasteiger partial charge < -0.3 is 9.64 Å². The van der Waals surface area contributed by atoms with Gasteiger partial charge in [-0.05, 0) is 24.6 Å². The molecule has 1 aromatic heterocycles. The third-order valence-corrected chi connectivity index (χ3v) is 8.25. The van der Waals surface area contributed by atoms with Crippen LogP contribution in [0.5, 0.6) is 5.75 Å². The lowest BCUT2D eigenvalue weighted by Crippen LogP contribution is -2.51. The van der Waals surface area contributed by atoms with Crippen LogP contribution in [0.25, 0.3) is 10.6 Å². The fourth-order valence-electron chi connectivity index (χ4n) is 3.80. The monoisotopic (exact) mass is 485 g/mol. The molecule has 0 bridgehead atoms. The summed E-state index contributed by atoms with van der Waals surface area (Å²) >= 11 is 1.49. The van der Waals surface area contributed by atoms with Crippen molar-refractivity contribution in [2.45, 2.75) is 19.1 Å². The largest absolute Gasteiger partial charge is 0.493 e. The van der Waals surface area contributed by atoms with Gasteiger partial charge in [-0.2, -0.15) is 4.31 Å². The number of ether oxygens (including phenoxy) is 1. The van der Waals surface area contributed by atoms with E-state index < -0.39 is 10.0 Å². The third kappa shape index (κ3) is 5.79. The summed E-state index contributed by atoms with van der Waals surface area (Å²) in [6.07, 6.45) is 0.198. The van der Waals surface area contributed by atoms with Gasteiger partial charge in [0.2, 0.25) is 15.9 Å². The van der Waals surface area contributed by atoms with Crippen molar-refractivity contribution in [3.63, 3.8) is 0 Å². The third-order valence-electron chi connectivity index (χ3n) is 5.48. The predicted molar refractivity (Wildman–Crippen MR) is 130 cm³/mol. The van der Waals surface area contributed by atoms with E-state index in [1.165, 1.54) is 15.6 Å². The van der Waals surface area contributed by atoms with Gasteiger partial charge in [-0.25, -0.2) is 13.4 Å². The van der Waals surface area contributed by atoms with E-state index in [-0.39, 0.29) is 18.1 Å². The Morgan fingerprint density at radius 1 is 1.03 bits per heavy atom. The van der Waals surface area contributed by atoms with Crippen molar-refractivity contribution in [3.8, 4) is 16.3 Å². The Hall–Kier alpha value is -2.75. The quantitative estimate of drug-likeness (QED) is 0.488. The second kappa shape index (κ2) is 10.5. The molecule has 0 saturated carbocycles. The minimum absolute atomic E-state index is 0.0212. The number of sulfonamides is 1. The van der Waals surface area contributed by atoms with E-state index in [4.69, 9.17) is 4.74 Å². The Bertz CT molecular complexity index is 1190. The SMILES string of the molecule is CCOc1ccccc1-c1nc(CC(=O)N2CCN(S(=O)(=O)Cc3ccccc3)CC2)cs1. The lowest BCUT2D eigenvalue weighted by atomic mass is 10.2. The maximum absolute atomic E-state index is 12.8. The molecule has 0 radical (unpaired) electrons. The number of carbonyl (C=O) groups excluding carboxylic acids is 1. The van der Waals surface area contributed by atoms with Crippen LogP contribution in [0.2, 0.25) is 0 Å². The maximum Gasteiger partial charge on any atom is 0.228 e. The Kier molecular flexibility index (Phi) is 7.42. The lowest BCUT2D eigenvalue weighted by molar-refractivity contribution is -0.131. The number of rotatable bonds is 8. The number of hydrogen-bond acceptors (Lipinski definition) is 6. The second-order valence-electron chi connectivity index (χ2n) is 7.77. The first-order valence-corrected chi connectivity index (χ1v) is 13.4. The molecule has 0 unspecified atom stereocenters. The molecular formula is C24H27N3O4S2. The highest BCUT2D eigenvalue weighted by atomic mass is 32.2. The highest BCUT2D eigenvalue weighted by molar-refractivity contribution is 7.88. The molecule has 1 aliphatic rings. The Balaban J connectivity index is 1.34. The summed E-state index contributed by atoms with van der Waals surface area (Å²) < 4.78 is 32.6. The summed E-state index contributed by atoms with van der Waals surface area (Å²) in [5, 5.41) is 2.72. The number of aromatic nitrogens is 1. The predicted octanol–water partition coefficient (Wildman–Crippen LogP) is 3.43. The zero-order valence-electron chi connectivity index (χ0n) is 18.5. The highest BCUT2D eigenvalue weighted by Gasteiger charge is 2.29. The average Bonchev–Trinajstić information content (AvgIpc) is 3.28. The zero-order chi connectivity index (χ0) is 23.3. The maximum atomic E-state index is 12.8. The van der Waals surface area contributed by atoms with E-state index in [0.717, 1.165) is 21.9 Å². The number of nitrogens with zero attached hydrogens (tertiary/aromatic N) is 3. The van der Waals surface area contributed by atoms with Crippen LogP contribution in [-0.2, 0) is 27.0 Å². The molecule has 1 saturated heterocycles. The summed E-state index contributed by atoms with van der Waals surface area (Å²) in [5.41, 5.74) is 2.40. The normalized spacial score (nSPS) is 14.9. The molecule has 3 aromatic rings. The molecule has 2 heterocycles. The van der Waals surface area contributed by atoms with Crippen LogP contribution < -0.4 is 4.74 Å². The molecule has 0 N–H and O–H groups in total. The van der Waals surface area contributed by atoms with Crippen molar-refractivity contribution < 1.29 is 17.9 Å². The molecule has 0 aliphatic carbocycles. The fourth-order valence-corrected chi connectivity index (χ4v) is 6.16. The first-order valence-electron chi connectivity index (χ1n) is 10.9. The Morgan fingerprint density at radius 3 is 2.45 bits per heavy atom. The molecule has 2 aromatic carbocycles. The fraction of sp³-hybridized carbons (Fsp3) is 0.333. The number of benzene rings is 2. The van der Waals surface area contributed by atoms with Gasteiger partial charge in [0, 0.05) is 31.6 Å². The number of para-hydroxylation sites is 1. The zero-order valence-corrected chi connectivity index (χ0v) is 20.1. The van der Waals surface area contributed by atoms with E-state index >= 15 is 0 Å². The molecule has 1 aliphatic heterocycles. The first kappa shape index (κ1) is 23.4. The van der Waals surface area contributed by atoms with Crippen LogP contribution in [0, 0.1) is 0 Å². The van der Waals surface area contributed by atoms with Crippen molar-refractivity contribution >= 4 is 27.3 Å². The van der Waals surface area contributed by atoms with E-state index in [1.54, 1.807) is 4.90 Å². The summed E-state index contributed by atoms with van der Waals surface area (Å²) in [6.45, 7) is 3.90. The number of amides is 1. The molecule has 4 rings (SSSR count). The molecule has 174 valence electrons. The van der Waals surface area contributed by atoms with Crippen molar-refractivity contribution in [1.29, 1.82) is 0 Å². The van der Waals surface area contributed by atoms with Gasteiger partial charge in [0.1, 0.15) is 10.8 Å². The van der Waals surface area contributed by atoms with Crippen LogP contribution in [0.4, 0.5) is 0 Å². The van der Waals surface area contributed by atoms with E-state index in [1.807, 2.05) is 66.9 Å². The first-order chi connectivity index (χ1) is 16.0. The van der Waals surface area contributed by atoms with Crippen molar-refractivity contribution in [2.24, 2.45) is 0 Å². The van der Waals surface area contributed by atoms with Gasteiger partial charge in [0.25, 0.3) is 0 Å². The Morgan fingerprint density at radius 2 is 1.73 bits per heavy atom. The molecular weight excluding hydrogens is 458 g/mol. The molecule has 33 heavy (non-hydrogen) atoms. The topological polar surface area (TPSA) is 79.8 Å². The smallest absolute Gasteiger partial charge is 0.228 e. The number of carbonyl (C=O) groups is 1. The average molecular weight is 486 g/mol. The van der Waals surface area contributed by atoms with E-state index in [0.29, 0.717) is 38.5 Å². The minimum atomic E-state index is -3.41. The van der Waals surface area contributed by atoms with Crippen LogP contribution in [0.3, 0.4) is 0 Å². The summed E-state index contributed by atoms with van der Waals surface area (Å²) in [6, 6.07) is 16.9. The molecule has 1 fully saturated rings. The molecule has 7 nitrogen and oxygen atoms in total. The summed E-state index contributed by atoms with van der Waals surface area (Å²) in [5.74, 6) is 0.720. The summed E-state index contributed by atoms with van der Waals surface area (Å²) in [4.78, 5) is 19.2. The van der Waals surface area contributed by atoms with Crippen LogP contribution >= 0.6 is 11.3 Å². The molecule has 0 spiro atoms. The molecule has 0 atom stereocenters. The van der Waals surface area contributed by atoms with Crippen molar-refractivity contribution in [1.82, 2.24) is 14.2 Å². The van der Waals surface area contributed by atoms with Gasteiger partial charge in [-0.3, -0.25) is 4.79 Å². The number of hydrogen-bond donors (Lipinski definition) is 0. The van der Waals surface area contributed by atoms with Gasteiger partial charge in [-0.15, -0.1) is 11.3 Å². The second-order valence-corrected chi connectivity index (χ2v) is 10.6. The number of piperazine rings is 1. The van der Waals surface area contributed by atoms with Crippen LogP contribution in [0.15, 0.2) is 60.0 Å². The van der Waals surface area contributed by atoms with Crippen LogP contribution in [-0.4, -0.2) is 61.3 Å². The van der Waals surface area contributed by atoms with Gasteiger partial charge in [0.05, 0.1) is 30.0 Å². The van der Waals surface area contributed by atoms with E-state index in [2.05, 4.69) is 4.98 Å². The Labute approximate surface area is 198 Å². The van der Waals surface area contributed by atoms with Crippen molar-refractivity contribution in [2.75, 3.05) is 32.8 Å². The molecule has 1 amide bonds. The minimum Gasteiger partial charge on any atom is -0.493 e. The number of thiazole rings is 1. The van der Waals surface area contributed by atoms with Crippen LogP contribution in [0.1, 0.15) is 18.2 Å². The van der Waals surface area contributed by atoms with Gasteiger partial charge in [-0.1, -0.05) is 42.5 Å². The molecule has 9 heteroatoms. The standard InChI is InChI=1S/C24H27N3O4S2/c1-2-31-22-11-7-6-10-21(22)24-25-20(17-32-24)16-23(28)26-12-14-27(15-13-26)33(29,30)18-19-8-4-3-5-9-19/h3-11,17H,2,12-16,18H2,1H3. The highest BCUT2D eigenvalue weighted by Crippen LogP contribution is 2.32. The van der Waals surface area contributed by atoms with E-state index in [9.17, 15) is 13.2 Å². The van der Waals surface area contributed by atoms with Crippen molar-refractivity contribution in [3.05, 3.63) is 71.2 Å². The van der Waals surface area contributed by atoms with Gasteiger partial charge in [0.15, 0.2) is 0 Å². The summed E-state index contributed by atoms with van der Waals surface area (Å²) in [7, 11) is -3.41.